The van der Waals surface area contributed by atoms with Gasteiger partial charge < -0.3 is 9.84 Å². The number of aliphatic hydroxyl groups excluding tert-OH is 1. The molecule has 0 aromatic heterocycles. The summed E-state index contributed by atoms with van der Waals surface area (Å²) in [5, 5.41) is 9.45. The minimum atomic E-state index is -0.916. The Morgan fingerprint density at radius 1 is 1.58 bits per heavy atom. The van der Waals surface area contributed by atoms with Crippen molar-refractivity contribution in [1.29, 1.82) is 0 Å². The minimum absolute atomic E-state index is 0.104. The average Bonchev–Trinajstić information content (AvgIpc) is 2.10. The first-order chi connectivity index (χ1) is 5.57. The Labute approximate surface area is 72.7 Å². The third kappa shape index (κ3) is 1.46. The standard InChI is InChI=1S/C9H16O3/c1-5-4-7(6(5)2)8(10)9(11)12-3/h5-8,10H,4H2,1-3H3. The number of methoxy groups -OCH3 is 1. The summed E-state index contributed by atoms with van der Waals surface area (Å²) in [5.74, 6) is 0.652. The van der Waals surface area contributed by atoms with Crippen molar-refractivity contribution in [3.05, 3.63) is 0 Å². The quantitative estimate of drug-likeness (QED) is 0.627. The van der Waals surface area contributed by atoms with Crippen molar-refractivity contribution in [2.45, 2.75) is 26.4 Å². The van der Waals surface area contributed by atoms with Crippen molar-refractivity contribution < 1.29 is 14.6 Å². The van der Waals surface area contributed by atoms with Crippen molar-refractivity contribution in [3.8, 4) is 0 Å². The van der Waals surface area contributed by atoms with E-state index in [1.807, 2.05) is 0 Å². The highest BCUT2D eigenvalue weighted by Gasteiger charge is 2.42. The van der Waals surface area contributed by atoms with E-state index in [9.17, 15) is 9.90 Å². The van der Waals surface area contributed by atoms with E-state index in [1.165, 1.54) is 7.11 Å². The molecular weight excluding hydrogens is 156 g/mol. The van der Waals surface area contributed by atoms with Crippen molar-refractivity contribution in [1.82, 2.24) is 0 Å². The van der Waals surface area contributed by atoms with Crippen LogP contribution in [0, 0.1) is 17.8 Å². The number of aliphatic hydroxyl groups is 1. The molecule has 0 amide bonds. The molecule has 0 aromatic rings. The smallest absolute Gasteiger partial charge is 0.334 e. The molecule has 3 nitrogen and oxygen atoms in total. The summed E-state index contributed by atoms with van der Waals surface area (Å²) in [5.41, 5.74) is 0. The summed E-state index contributed by atoms with van der Waals surface area (Å²) in [4.78, 5) is 10.9. The van der Waals surface area contributed by atoms with Crippen molar-refractivity contribution in [2.24, 2.45) is 17.8 Å². The molecule has 0 spiro atoms. The maximum Gasteiger partial charge on any atom is 0.334 e. The molecule has 0 radical (unpaired) electrons. The van der Waals surface area contributed by atoms with Gasteiger partial charge in [-0.2, -0.15) is 0 Å². The number of hydrogen-bond donors (Lipinski definition) is 1. The van der Waals surface area contributed by atoms with Gasteiger partial charge in [0.05, 0.1) is 7.11 Å². The summed E-state index contributed by atoms with van der Waals surface area (Å²) in [6.45, 7) is 4.19. The zero-order chi connectivity index (χ0) is 9.30. The first-order valence-electron chi connectivity index (χ1n) is 4.33. The van der Waals surface area contributed by atoms with Gasteiger partial charge in [-0.1, -0.05) is 13.8 Å². The summed E-state index contributed by atoms with van der Waals surface area (Å²) in [6, 6.07) is 0. The third-order valence-electron chi connectivity index (χ3n) is 3.07. The van der Waals surface area contributed by atoms with Crippen molar-refractivity contribution in [2.75, 3.05) is 7.11 Å². The fourth-order valence-corrected chi connectivity index (χ4v) is 1.80. The van der Waals surface area contributed by atoms with E-state index in [-0.39, 0.29) is 5.92 Å². The third-order valence-corrected chi connectivity index (χ3v) is 3.07. The normalized spacial score (nSPS) is 36.8. The van der Waals surface area contributed by atoms with Gasteiger partial charge in [0.2, 0.25) is 0 Å². The predicted molar refractivity (Wildman–Crippen MR) is 44.5 cm³/mol. The van der Waals surface area contributed by atoms with E-state index in [0.717, 1.165) is 6.42 Å². The van der Waals surface area contributed by atoms with E-state index in [4.69, 9.17) is 0 Å². The second kappa shape index (κ2) is 3.44. The Balaban J connectivity index is 2.44. The molecule has 4 unspecified atom stereocenters. The van der Waals surface area contributed by atoms with Gasteiger partial charge in [-0.3, -0.25) is 0 Å². The molecule has 0 aromatic carbocycles. The van der Waals surface area contributed by atoms with Crippen LogP contribution in [0.15, 0.2) is 0 Å². The largest absolute Gasteiger partial charge is 0.467 e. The van der Waals surface area contributed by atoms with Crippen molar-refractivity contribution >= 4 is 5.97 Å². The van der Waals surface area contributed by atoms with E-state index >= 15 is 0 Å². The zero-order valence-corrected chi connectivity index (χ0v) is 7.78. The molecule has 0 heterocycles. The van der Waals surface area contributed by atoms with Gasteiger partial charge in [0.25, 0.3) is 0 Å². The lowest BCUT2D eigenvalue weighted by molar-refractivity contribution is -0.159. The highest BCUT2D eigenvalue weighted by atomic mass is 16.5. The Bertz CT molecular complexity index is 179. The van der Waals surface area contributed by atoms with E-state index in [0.29, 0.717) is 11.8 Å². The molecule has 0 saturated heterocycles. The van der Waals surface area contributed by atoms with Crippen LogP contribution in [-0.4, -0.2) is 24.3 Å². The van der Waals surface area contributed by atoms with Gasteiger partial charge >= 0.3 is 5.97 Å². The highest BCUT2D eigenvalue weighted by molar-refractivity contribution is 5.74. The lowest BCUT2D eigenvalue weighted by atomic mass is 9.64. The van der Waals surface area contributed by atoms with Gasteiger partial charge in [0.15, 0.2) is 6.10 Å². The molecule has 0 bridgehead atoms. The summed E-state index contributed by atoms with van der Waals surface area (Å²) in [7, 11) is 1.30. The monoisotopic (exact) mass is 172 g/mol. The van der Waals surface area contributed by atoms with Crippen LogP contribution < -0.4 is 0 Å². The number of rotatable bonds is 2. The van der Waals surface area contributed by atoms with E-state index < -0.39 is 12.1 Å². The molecular formula is C9H16O3. The van der Waals surface area contributed by atoms with Crippen LogP contribution in [0.1, 0.15) is 20.3 Å². The molecule has 12 heavy (non-hydrogen) atoms. The molecule has 0 aliphatic heterocycles. The summed E-state index contributed by atoms with van der Waals surface area (Å²) in [6.07, 6.45) is 0.0125. The Morgan fingerprint density at radius 3 is 2.50 bits per heavy atom. The maximum absolute atomic E-state index is 10.9. The minimum Gasteiger partial charge on any atom is -0.467 e. The number of ether oxygens (including phenoxy) is 1. The number of hydrogen-bond acceptors (Lipinski definition) is 3. The molecule has 1 N–H and O–H groups in total. The highest BCUT2D eigenvalue weighted by Crippen LogP contribution is 2.41. The molecule has 1 aliphatic carbocycles. The van der Waals surface area contributed by atoms with E-state index in [1.54, 1.807) is 0 Å². The number of esters is 1. The molecule has 70 valence electrons. The Morgan fingerprint density at radius 2 is 2.17 bits per heavy atom. The summed E-state index contributed by atoms with van der Waals surface area (Å²) < 4.78 is 4.46. The van der Waals surface area contributed by atoms with Gasteiger partial charge in [-0.15, -0.1) is 0 Å². The SMILES string of the molecule is COC(=O)C(O)C1CC(C)C1C. The van der Waals surface area contributed by atoms with Crippen LogP contribution >= 0.6 is 0 Å². The summed E-state index contributed by atoms with van der Waals surface area (Å²) >= 11 is 0. The van der Waals surface area contributed by atoms with Crippen LogP contribution in [0.5, 0.6) is 0 Å². The van der Waals surface area contributed by atoms with Crippen LogP contribution in [0.3, 0.4) is 0 Å². The second-order valence-corrected chi connectivity index (χ2v) is 3.70. The lowest BCUT2D eigenvalue weighted by Crippen LogP contribution is -2.44. The lowest BCUT2D eigenvalue weighted by Gasteiger charge is -2.42. The van der Waals surface area contributed by atoms with Crippen LogP contribution in [-0.2, 0) is 9.53 Å². The first kappa shape index (κ1) is 9.52. The molecule has 3 heteroatoms. The van der Waals surface area contributed by atoms with E-state index in [2.05, 4.69) is 18.6 Å². The first-order valence-corrected chi connectivity index (χ1v) is 4.33. The topological polar surface area (TPSA) is 46.5 Å². The van der Waals surface area contributed by atoms with Crippen molar-refractivity contribution in [3.63, 3.8) is 0 Å². The molecule has 1 rings (SSSR count). The molecule has 1 aliphatic rings. The Kier molecular flexibility index (Phi) is 2.73. The zero-order valence-electron chi connectivity index (χ0n) is 7.78. The van der Waals surface area contributed by atoms with Gasteiger partial charge in [-0.05, 0) is 24.2 Å². The number of carbonyl (C=O) groups excluding carboxylic acids is 1. The molecule has 4 atom stereocenters. The number of carbonyl (C=O) groups is 1. The fraction of sp³-hybridized carbons (Fsp3) is 0.889. The van der Waals surface area contributed by atoms with Gasteiger partial charge in [0.1, 0.15) is 0 Å². The van der Waals surface area contributed by atoms with Crippen LogP contribution in [0.25, 0.3) is 0 Å². The molecule has 1 saturated carbocycles. The predicted octanol–water partition coefficient (Wildman–Crippen LogP) is 0.812. The molecule has 1 fully saturated rings. The fourth-order valence-electron chi connectivity index (χ4n) is 1.80. The van der Waals surface area contributed by atoms with Gasteiger partial charge in [-0.25, -0.2) is 4.79 Å². The maximum atomic E-state index is 10.9. The second-order valence-electron chi connectivity index (χ2n) is 3.70. The van der Waals surface area contributed by atoms with Gasteiger partial charge in [0, 0.05) is 0 Å². The average molecular weight is 172 g/mol. The Hall–Kier alpha value is -0.570. The van der Waals surface area contributed by atoms with Crippen LogP contribution in [0.2, 0.25) is 0 Å². The van der Waals surface area contributed by atoms with Crippen LogP contribution in [0.4, 0.5) is 0 Å².